The van der Waals surface area contributed by atoms with Crippen molar-refractivity contribution in [2.75, 3.05) is 12.4 Å². The van der Waals surface area contributed by atoms with Gasteiger partial charge in [-0.2, -0.15) is 16.9 Å². The molecule has 0 aliphatic heterocycles. The molecule has 2 aromatic heterocycles. The third-order valence-corrected chi connectivity index (χ3v) is 3.67. The minimum absolute atomic E-state index is 0.573. The van der Waals surface area contributed by atoms with Gasteiger partial charge in [-0.15, -0.1) is 0 Å². The van der Waals surface area contributed by atoms with Crippen molar-refractivity contribution in [3.8, 4) is 11.3 Å². The molecule has 0 amide bonds. The molecule has 2 heterocycles. The van der Waals surface area contributed by atoms with Gasteiger partial charge in [0.1, 0.15) is 11.6 Å². The third kappa shape index (κ3) is 3.70. The van der Waals surface area contributed by atoms with Gasteiger partial charge in [0.2, 0.25) is 0 Å². The summed E-state index contributed by atoms with van der Waals surface area (Å²) in [4.78, 5) is 9.10. The second-order valence-corrected chi connectivity index (χ2v) is 6.13. The van der Waals surface area contributed by atoms with Gasteiger partial charge in [-0.25, -0.2) is 9.97 Å². The lowest BCUT2D eigenvalue weighted by molar-refractivity contribution is 0.768. The number of hydrogen-bond donors (Lipinski definition) is 1. The van der Waals surface area contributed by atoms with E-state index in [1.54, 1.807) is 4.68 Å². The monoisotopic (exact) mass is 277 g/mol. The van der Waals surface area contributed by atoms with E-state index < -0.39 is 0 Å². The van der Waals surface area contributed by atoms with Gasteiger partial charge >= 0.3 is 0 Å². The van der Waals surface area contributed by atoms with Crippen LogP contribution in [0.5, 0.6) is 0 Å². The number of anilines is 1. The summed E-state index contributed by atoms with van der Waals surface area (Å²) in [6.45, 7) is 4.35. The molecule has 0 unspecified atom stereocenters. The Kier molecular flexibility index (Phi) is 4.42. The minimum Gasteiger partial charge on any atom is -0.373 e. The zero-order valence-corrected chi connectivity index (χ0v) is 12.5. The number of hydrogen-bond acceptors (Lipinski definition) is 5. The van der Waals surface area contributed by atoms with Crippen LogP contribution < -0.4 is 5.32 Å². The van der Waals surface area contributed by atoms with Crippen molar-refractivity contribution in [3.63, 3.8) is 0 Å². The Balaban J connectivity index is 2.30. The van der Waals surface area contributed by atoms with Gasteiger partial charge in [0.25, 0.3) is 0 Å². The standard InChI is InChI=1S/C13H19N5S/c1-9(2)19-8-13-16-11(5-12(14-3)17-13)10-6-15-18(4)7-10/h5-7,9H,8H2,1-4H3,(H,14,16,17). The van der Waals surface area contributed by atoms with Crippen LogP contribution in [0.1, 0.15) is 19.7 Å². The fourth-order valence-corrected chi connectivity index (χ4v) is 2.24. The summed E-state index contributed by atoms with van der Waals surface area (Å²) in [6.07, 6.45) is 3.78. The van der Waals surface area contributed by atoms with Crippen LogP contribution >= 0.6 is 11.8 Å². The molecule has 0 aliphatic carbocycles. The summed E-state index contributed by atoms with van der Waals surface area (Å²) in [5.41, 5.74) is 1.92. The van der Waals surface area contributed by atoms with E-state index in [1.165, 1.54) is 0 Å². The van der Waals surface area contributed by atoms with Crippen LogP contribution in [0.2, 0.25) is 0 Å². The zero-order chi connectivity index (χ0) is 13.8. The SMILES string of the molecule is CNc1cc(-c2cnn(C)c2)nc(CSC(C)C)n1. The van der Waals surface area contributed by atoms with Crippen LogP contribution in [-0.4, -0.2) is 32.0 Å². The molecule has 0 saturated carbocycles. The van der Waals surface area contributed by atoms with Crippen molar-refractivity contribution in [2.24, 2.45) is 7.05 Å². The molecule has 0 aliphatic rings. The van der Waals surface area contributed by atoms with Crippen molar-refractivity contribution in [1.82, 2.24) is 19.7 Å². The summed E-state index contributed by atoms with van der Waals surface area (Å²) < 4.78 is 1.78. The smallest absolute Gasteiger partial charge is 0.141 e. The van der Waals surface area contributed by atoms with E-state index >= 15 is 0 Å². The van der Waals surface area contributed by atoms with Crippen LogP contribution in [-0.2, 0) is 12.8 Å². The van der Waals surface area contributed by atoms with E-state index in [1.807, 2.05) is 44.3 Å². The number of nitrogens with one attached hydrogen (secondary N) is 1. The highest BCUT2D eigenvalue weighted by molar-refractivity contribution is 7.99. The second-order valence-electron chi connectivity index (χ2n) is 4.57. The topological polar surface area (TPSA) is 55.6 Å². The van der Waals surface area contributed by atoms with E-state index in [4.69, 9.17) is 0 Å². The summed E-state index contributed by atoms with van der Waals surface area (Å²) in [7, 11) is 3.77. The van der Waals surface area contributed by atoms with E-state index in [2.05, 4.69) is 34.2 Å². The average molecular weight is 277 g/mol. The van der Waals surface area contributed by atoms with Crippen LogP contribution in [0.3, 0.4) is 0 Å². The largest absolute Gasteiger partial charge is 0.373 e. The van der Waals surface area contributed by atoms with Crippen LogP contribution in [0.25, 0.3) is 11.3 Å². The van der Waals surface area contributed by atoms with E-state index in [9.17, 15) is 0 Å². The van der Waals surface area contributed by atoms with E-state index in [0.29, 0.717) is 5.25 Å². The van der Waals surface area contributed by atoms with Gasteiger partial charge in [0.15, 0.2) is 0 Å². The van der Waals surface area contributed by atoms with Gasteiger partial charge in [-0.05, 0) is 5.25 Å². The maximum Gasteiger partial charge on any atom is 0.141 e. The van der Waals surface area contributed by atoms with Gasteiger partial charge in [0.05, 0.1) is 17.6 Å². The van der Waals surface area contributed by atoms with E-state index in [-0.39, 0.29) is 0 Å². The Bertz CT molecular complexity index is 550. The molecule has 19 heavy (non-hydrogen) atoms. The number of aromatic nitrogens is 4. The quantitative estimate of drug-likeness (QED) is 0.910. The Morgan fingerprint density at radius 2 is 2.16 bits per heavy atom. The molecule has 1 N–H and O–H groups in total. The number of thioether (sulfide) groups is 1. The number of rotatable bonds is 5. The Labute approximate surface area is 117 Å². The molecular formula is C13H19N5S. The Hall–Kier alpha value is -1.56. The first-order valence-electron chi connectivity index (χ1n) is 6.25. The average Bonchev–Trinajstić information content (AvgIpc) is 2.82. The Morgan fingerprint density at radius 1 is 1.37 bits per heavy atom. The normalized spacial score (nSPS) is 11.0. The molecule has 6 heteroatoms. The molecule has 102 valence electrons. The lowest BCUT2D eigenvalue weighted by Gasteiger charge is -2.08. The summed E-state index contributed by atoms with van der Waals surface area (Å²) in [5, 5.41) is 7.84. The number of nitrogens with zero attached hydrogens (tertiary/aromatic N) is 4. The molecule has 0 atom stereocenters. The first kappa shape index (κ1) is 13.9. The highest BCUT2D eigenvalue weighted by atomic mass is 32.2. The zero-order valence-electron chi connectivity index (χ0n) is 11.7. The lowest BCUT2D eigenvalue weighted by atomic mass is 10.2. The van der Waals surface area contributed by atoms with Crippen molar-refractivity contribution in [3.05, 3.63) is 24.3 Å². The first-order valence-corrected chi connectivity index (χ1v) is 7.29. The van der Waals surface area contributed by atoms with Crippen LogP contribution in [0.4, 0.5) is 5.82 Å². The fraction of sp³-hybridized carbons (Fsp3) is 0.462. The highest BCUT2D eigenvalue weighted by Gasteiger charge is 2.08. The summed E-state index contributed by atoms with van der Waals surface area (Å²) >= 11 is 1.84. The minimum atomic E-state index is 0.573. The molecule has 5 nitrogen and oxygen atoms in total. The molecule has 0 aromatic carbocycles. The predicted molar refractivity (Wildman–Crippen MR) is 80.2 cm³/mol. The predicted octanol–water partition coefficient (Wildman–Crippen LogP) is 2.56. The second kappa shape index (κ2) is 6.06. The molecule has 0 saturated heterocycles. The summed E-state index contributed by atoms with van der Waals surface area (Å²) in [6, 6.07) is 1.94. The van der Waals surface area contributed by atoms with Crippen LogP contribution in [0.15, 0.2) is 18.5 Å². The van der Waals surface area contributed by atoms with Crippen molar-refractivity contribution >= 4 is 17.6 Å². The fourth-order valence-electron chi connectivity index (χ4n) is 1.63. The van der Waals surface area contributed by atoms with Gasteiger partial charge in [-0.3, -0.25) is 4.68 Å². The molecule has 0 spiro atoms. The summed E-state index contributed by atoms with van der Waals surface area (Å²) in [5.74, 6) is 2.51. The molecule has 0 bridgehead atoms. The molecule has 2 rings (SSSR count). The van der Waals surface area contributed by atoms with Gasteiger partial charge in [0, 0.05) is 31.9 Å². The maximum atomic E-state index is 4.61. The Morgan fingerprint density at radius 3 is 2.74 bits per heavy atom. The van der Waals surface area contributed by atoms with Crippen molar-refractivity contribution < 1.29 is 0 Å². The molecule has 2 aromatic rings. The molecular weight excluding hydrogens is 258 g/mol. The highest BCUT2D eigenvalue weighted by Crippen LogP contribution is 2.21. The van der Waals surface area contributed by atoms with Crippen molar-refractivity contribution in [2.45, 2.75) is 24.9 Å². The van der Waals surface area contributed by atoms with Gasteiger partial charge < -0.3 is 5.32 Å². The lowest BCUT2D eigenvalue weighted by Crippen LogP contribution is -2.01. The maximum absolute atomic E-state index is 4.61. The first-order chi connectivity index (χ1) is 9.08. The molecule has 0 radical (unpaired) electrons. The van der Waals surface area contributed by atoms with Crippen molar-refractivity contribution in [1.29, 1.82) is 0 Å². The number of aryl methyl sites for hydroxylation is 1. The van der Waals surface area contributed by atoms with Crippen LogP contribution in [0, 0.1) is 0 Å². The van der Waals surface area contributed by atoms with Gasteiger partial charge in [-0.1, -0.05) is 13.8 Å². The molecule has 0 fully saturated rings. The van der Waals surface area contributed by atoms with E-state index in [0.717, 1.165) is 28.7 Å². The third-order valence-electron chi connectivity index (χ3n) is 2.58.